The van der Waals surface area contributed by atoms with Crippen LogP contribution in [0.1, 0.15) is 71.9 Å². The second-order valence-corrected chi connectivity index (χ2v) is 12.3. The third-order valence-corrected chi connectivity index (χ3v) is 6.09. The minimum absolute atomic E-state index is 0.0265. The normalized spacial score (nSPS) is 11.6. The van der Waals surface area contributed by atoms with Gasteiger partial charge in [-0.2, -0.15) is 0 Å². The number of nitro benzene ring substituents is 1. The maximum absolute atomic E-state index is 12.0. The molecule has 0 atom stereocenters. The molecule has 0 aliphatic heterocycles. The topological polar surface area (TPSA) is 132 Å². The standard InChI is InChI=1S/C32H48N4O7/c1-31(2,3)42-29(37)33-18-10-11-20-35(21-12-19-34-30(38)43-32(4,5)6)22-17-26-15-16-27(23-28(26)36(39)40)41-24-25-13-8-7-9-14-25/h7-9,13-16,23H,10-12,17-22,24H2,1-6H3,(H,33,37)(H,34,38). The van der Waals surface area contributed by atoms with Gasteiger partial charge in [0.25, 0.3) is 5.69 Å². The molecular formula is C32H48N4O7. The van der Waals surface area contributed by atoms with Crippen molar-refractivity contribution in [3.63, 3.8) is 0 Å². The molecule has 238 valence electrons. The van der Waals surface area contributed by atoms with Crippen LogP contribution < -0.4 is 15.4 Å². The number of unbranched alkanes of at least 4 members (excludes halogenated alkanes) is 1. The van der Waals surface area contributed by atoms with Crippen molar-refractivity contribution >= 4 is 17.9 Å². The Morgan fingerprint density at radius 2 is 1.40 bits per heavy atom. The highest BCUT2D eigenvalue weighted by Gasteiger charge is 2.19. The zero-order valence-corrected chi connectivity index (χ0v) is 26.4. The number of nitrogens with one attached hydrogen (secondary N) is 2. The predicted molar refractivity (Wildman–Crippen MR) is 166 cm³/mol. The van der Waals surface area contributed by atoms with E-state index in [0.717, 1.165) is 24.9 Å². The summed E-state index contributed by atoms with van der Waals surface area (Å²) in [5.41, 5.74) is 0.509. The van der Waals surface area contributed by atoms with E-state index in [0.29, 0.717) is 56.9 Å². The zero-order chi connectivity index (χ0) is 31.9. The molecule has 0 saturated carbocycles. The van der Waals surface area contributed by atoms with E-state index < -0.39 is 23.4 Å². The Morgan fingerprint density at radius 1 is 0.814 bits per heavy atom. The van der Waals surface area contributed by atoms with Gasteiger partial charge in [0.15, 0.2) is 0 Å². The van der Waals surface area contributed by atoms with Gasteiger partial charge in [0, 0.05) is 25.2 Å². The van der Waals surface area contributed by atoms with E-state index >= 15 is 0 Å². The highest BCUT2D eigenvalue weighted by molar-refractivity contribution is 5.67. The van der Waals surface area contributed by atoms with Crippen LogP contribution in [0.5, 0.6) is 5.75 Å². The summed E-state index contributed by atoms with van der Waals surface area (Å²) >= 11 is 0. The van der Waals surface area contributed by atoms with E-state index in [-0.39, 0.29) is 10.6 Å². The summed E-state index contributed by atoms with van der Waals surface area (Å²) in [5, 5.41) is 17.4. The van der Waals surface area contributed by atoms with Crippen LogP contribution in [0.15, 0.2) is 48.5 Å². The first-order chi connectivity index (χ1) is 20.2. The molecule has 2 aromatic rings. The minimum atomic E-state index is -0.569. The van der Waals surface area contributed by atoms with Crippen molar-refractivity contribution in [1.29, 1.82) is 0 Å². The van der Waals surface area contributed by atoms with Crippen LogP contribution in [0, 0.1) is 10.1 Å². The number of carbonyl (C=O) groups is 2. The Balaban J connectivity index is 1.95. The Morgan fingerprint density at radius 3 is 1.98 bits per heavy atom. The van der Waals surface area contributed by atoms with Crippen LogP contribution in [-0.2, 0) is 22.5 Å². The number of amides is 2. The molecule has 2 aromatic carbocycles. The van der Waals surface area contributed by atoms with Gasteiger partial charge in [-0.25, -0.2) is 9.59 Å². The number of ether oxygens (including phenoxy) is 3. The van der Waals surface area contributed by atoms with Crippen LogP contribution in [0.3, 0.4) is 0 Å². The number of hydrogen-bond donors (Lipinski definition) is 2. The lowest BCUT2D eigenvalue weighted by atomic mass is 10.1. The van der Waals surface area contributed by atoms with Gasteiger partial charge in [-0.05, 0) is 98.0 Å². The van der Waals surface area contributed by atoms with Crippen molar-refractivity contribution in [2.75, 3.05) is 32.7 Å². The third kappa shape index (κ3) is 15.8. The first kappa shape index (κ1) is 35.3. The average molecular weight is 601 g/mol. The van der Waals surface area contributed by atoms with E-state index in [1.807, 2.05) is 71.9 Å². The maximum atomic E-state index is 12.0. The van der Waals surface area contributed by atoms with E-state index in [9.17, 15) is 19.7 Å². The molecule has 11 heteroatoms. The average Bonchev–Trinajstić information content (AvgIpc) is 2.91. The summed E-state index contributed by atoms with van der Waals surface area (Å²) < 4.78 is 16.4. The molecule has 2 rings (SSSR count). The molecule has 0 heterocycles. The van der Waals surface area contributed by atoms with Gasteiger partial charge < -0.3 is 29.7 Å². The molecule has 0 bridgehead atoms. The van der Waals surface area contributed by atoms with E-state index in [2.05, 4.69) is 15.5 Å². The van der Waals surface area contributed by atoms with Gasteiger partial charge in [0.1, 0.15) is 23.6 Å². The summed E-state index contributed by atoms with van der Waals surface area (Å²) in [6.45, 7) is 14.1. The second kappa shape index (κ2) is 17.3. The SMILES string of the molecule is CC(C)(C)OC(=O)NCCCCN(CCCNC(=O)OC(C)(C)C)CCc1ccc(OCc2ccccc2)cc1[N+](=O)[O-]. The van der Waals surface area contributed by atoms with E-state index in [1.165, 1.54) is 6.07 Å². The van der Waals surface area contributed by atoms with Crippen LogP contribution in [0.25, 0.3) is 0 Å². The molecule has 2 N–H and O–H groups in total. The summed E-state index contributed by atoms with van der Waals surface area (Å²) in [5.74, 6) is 0.446. The lowest BCUT2D eigenvalue weighted by molar-refractivity contribution is -0.385. The predicted octanol–water partition coefficient (Wildman–Crippen LogP) is 6.24. The number of nitro groups is 1. The largest absolute Gasteiger partial charge is 0.489 e. The van der Waals surface area contributed by atoms with Crippen molar-refractivity contribution in [3.05, 3.63) is 69.8 Å². The maximum Gasteiger partial charge on any atom is 0.407 e. The molecule has 0 spiro atoms. The highest BCUT2D eigenvalue weighted by Crippen LogP contribution is 2.26. The third-order valence-electron chi connectivity index (χ3n) is 6.09. The number of hydrogen-bond acceptors (Lipinski definition) is 8. The Hall–Kier alpha value is -3.86. The Kier molecular flexibility index (Phi) is 14.2. The molecule has 0 saturated heterocycles. The van der Waals surface area contributed by atoms with Crippen LogP contribution in [0.2, 0.25) is 0 Å². The number of rotatable bonds is 16. The van der Waals surface area contributed by atoms with Crippen LogP contribution >= 0.6 is 0 Å². The van der Waals surface area contributed by atoms with Crippen molar-refractivity contribution < 1.29 is 28.7 Å². The lowest BCUT2D eigenvalue weighted by Crippen LogP contribution is -2.35. The lowest BCUT2D eigenvalue weighted by Gasteiger charge is -2.23. The molecule has 0 radical (unpaired) electrons. The first-order valence-electron chi connectivity index (χ1n) is 14.8. The van der Waals surface area contributed by atoms with Gasteiger partial charge in [0.2, 0.25) is 0 Å². The van der Waals surface area contributed by atoms with Gasteiger partial charge in [0.05, 0.1) is 11.0 Å². The highest BCUT2D eigenvalue weighted by atomic mass is 16.6. The fourth-order valence-corrected chi connectivity index (χ4v) is 4.14. The fourth-order valence-electron chi connectivity index (χ4n) is 4.14. The van der Waals surface area contributed by atoms with E-state index in [1.54, 1.807) is 12.1 Å². The number of benzene rings is 2. The summed E-state index contributed by atoms with van der Waals surface area (Å²) in [6, 6.07) is 14.6. The minimum Gasteiger partial charge on any atom is -0.489 e. The molecule has 0 aliphatic carbocycles. The molecule has 0 aromatic heterocycles. The van der Waals surface area contributed by atoms with Gasteiger partial charge >= 0.3 is 12.2 Å². The van der Waals surface area contributed by atoms with Crippen molar-refractivity contribution in [3.8, 4) is 5.75 Å². The van der Waals surface area contributed by atoms with Gasteiger partial charge in [-0.1, -0.05) is 30.3 Å². The monoisotopic (exact) mass is 600 g/mol. The van der Waals surface area contributed by atoms with Gasteiger partial charge in [-0.15, -0.1) is 0 Å². The van der Waals surface area contributed by atoms with Crippen molar-refractivity contribution in [2.24, 2.45) is 0 Å². The first-order valence-corrected chi connectivity index (χ1v) is 14.8. The van der Waals surface area contributed by atoms with Crippen molar-refractivity contribution in [1.82, 2.24) is 15.5 Å². The Labute approximate surface area is 255 Å². The zero-order valence-electron chi connectivity index (χ0n) is 26.4. The summed E-state index contributed by atoms with van der Waals surface area (Å²) in [6.07, 6.45) is 1.82. The summed E-state index contributed by atoms with van der Waals surface area (Å²) in [7, 11) is 0. The smallest absolute Gasteiger partial charge is 0.407 e. The molecule has 0 aliphatic rings. The van der Waals surface area contributed by atoms with Gasteiger partial charge in [-0.3, -0.25) is 10.1 Å². The second-order valence-electron chi connectivity index (χ2n) is 12.3. The number of carbonyl (C=O) groups excluding carboxylic acids is 2. The van der Waals surface area contributed by atoms with E-state index in [4.69, 9.17) is 14.2 Å². The Bertz CT molecular complexity index is 1160. The quantitative estimate of drug-likeness (QED) is 0.132. The van der Waals surface area contributed by atoms with Crippen LogP contribution in [0.4, 0.5) is 15.3 Å². The number of nitrogens with zero attached hydrogens (tertiary/aromatic N) is 2. The number of alkyl carbamates (subject to hydrolysis) is 2. The fraction of sp³-hybridized carbons (Fsp3) is 0.562. The summed E-state index contributed by atoms with van der Waals surface area (Å²) in [4.78, 5) is 37.6. The molecule has 11 nitrogen and oxygen atoms in total. The molecule has 2 amide bonds. The molecule has 0 unspecified atom stereocenters. The molecular weight excluding hydrogens is 552 g/mol. The van der Waals surface area contributed by atoms with Crippen molar-refractivity contribution in [2.45, 2.75) is 85.0 Å². The molecule has 0 fully saturated rings. The van der Waals surface area contributed by atoms with Crippen LogP contribution in [-0.4, -0.2) is 65.9 Å². The molecule has 43 heavy (non-hydrogen) atoms.